The van der Waals surface area contributed by atoms with Crippen LogP contribution < -0.4 is 21.9 Å². The van der Waals surface area contributed by atoms with E-state index in [9.17, 15) is 0 Å². The van der Waals surface area contributed by atoms with E-state index in [0.717, 1.165) is 18.5 Å². The Morgan fingerprint density at radius 2 is 1.89 bits per heavy atom. The molecule has 1 atom stereocenters. The van der Waals surface area contributed by atoms with Crippen LogP contribution in [0.15, 0.2) is 30.8 Å². The Morgan fingerprint density at radius 3 is 2.37 bits per heavy atom. The standard InChI is InChI=1S/C16H25NO.BrH/c1-5-7-16(12-17(3)4)18-13-15-10-8-14(6-2)9-11-15;/h6,8-11,16H,2,5,7,12-13H2,1,3-4H3;1H. The van der Waals surface area contributed by atoms with Crippen molar-refractivity contribution in [2.75, 3.05) is 20.6 Å². The van der Waals surface area contributed by atoms with Crippen molar-refractivity contribution in [3.63, 3.8) is 0 Å². The number of benzene rings is 1. The van der Waals surface area contributed by atoms with Crippen molar-refractivity contribution in [2.24, 2.45) is 0 Å². The molecule has 0 heterocycles. The molecule has 1 unspecified atom stereocenters. The number of ether oxygens (including phenoxy) is 1. The van der Waals surface area contributed by atoms with E-state index in [4.69, 9.17) is 4.74 Å². The Morgan fingerprint density at radius 1 is 1.26 bits per heavy atom. The van der Waals surface area contributed by atoms with Crippen molar-refractivity contribution >= 4 is 6.08 Å². The SMILES string of the molecule is C=Cc1ccc(COC(CCC)C[NH+](C)C)cc1.[Br-]. The molecule has 0 amide bonds. The molecule has 3 heteroatoms. The fraction of sp³-hybridized carbons (Fsp3) is 0.500. The van der Waals surface area contributed by atoms with Gasteiger partial charge in [-0.15, -0.1) is 0 Å². The van der Waals surface area contributed by atoms with Gasteiger partial charge in [0, 0.05) is 0 Å². The zero-order chi connectivity index (χ0) is 13.4. The Kier molecular flexibility index (Phi) is 9.84. The molecule has 0 spiro atoms. The van der Waals surface area contributed by atoms with Crippen molar-refractivity contribution in [3.05, 3.63) is 42.0 Å². The van der Waals surface area contributed by atoms with Gasteiger partial charge in [0.1, 0.15) is 12.6 Å². The average molecular weight is 328 g/mol. The van der Waals surface area contributed by atoms with Gasteiger partial charge in [0.15, 0.2) is 0 Å². The Labute approximate surface area is 128 Å². The van der Waals surface area contributed by atoms with Gasteiger partial charge in [-0.2, -0.15) is 0 Å². The van der Waals surface area contributed by atoms with Crippen LogP contribution in [0.5, 0.6) is 0 Å². The molecule has 0 saturated heterocycles. The van der Waals surface area contributed by atoms with Crippen molar-refractivity contribution in [1.82, 2.24) is 0 Å². The minimum atomic E-state index is 0. The van der Waals surface area contributed by atoms with Crippen LogP contribution in [0.1, 0.15) is 30.9 Å². The number of quaternary nitrogens is 1. The zero-order valence-electron chi connectivity index (χ0n) is 12.3. The molecule has 1 aromatic carbocycles. The van der Waals surface area contributed by atoms with Crippen LogP contribution in [-0.2, 0) is 11.3 Å². The van der Waals surface area contributed by atoms with Crippen molar-refractivity contribution < 1.29 is 26.6 Å². The smallest absolute Gasteiger partial charge is 0.107 e. The molecular formula is C16H26BrNO. The van der Waals surface area contributed by atoms with Crippen LogP contribution in [0.3, 0.4) is 0 Å². The fourth-order valence-electron chi connectivity index (χ4n) is 1.99. The van der Waals surface area contributed by atoms with Gasteiger partial charge < -0.3 is 26.6 Å². The maximum atomic E-state index is 6.01. The fourth-order valence-corrected chi connectivity index (χ4v) is 1.99. The first-order valence-corrected chi connectivity index (χ1v) is 6.77. The summed E-state index contributed by atoms with van der Waals surface area (Å²) in [6, 6.07) is 8.39. The summed E-state index contributed by atoms with van der Waals surface area (Å²) in [5, 5.41) is 0. The molecule has 0 aliphatic carbocycles. The van der Waals surface area contributed by atoms with E-state index < -0.39 is 0 Å². The highest BCUT2D eigenvalue weighted by Crippen LogP contribution is 2.09. The van der Waals surface area contributed by atoms with E-state index in [1.54, 1.807) is 0 Å². The van der Waals surface area contributed by atoms with E-state index >= 15 is 0 Å². The molecule has 0 aromatic heterocycles. The number of rotatable bonds is 8. The molecule has 1 aromatic rings. The summed E-state index contributed by atoms with van der Waals surface area (Å²) in [5.74, 6) is 0. The molecule has 0 aliphatic heterocycles. The van der Waals surface area contributed by atoms with Gasteiger partial charge in [0.05, 0.1) is 20.7 Å². The second kappa shape index (κ2) is 10.2. The summed E-state index contributed by atoms with van der Waals surface area (Å²) in [6.45, 7) is 7.74. The van der Waals surface area contributed by atoms with Crippen LogP contribution >= 0.6 is 0 Å². The number of hydrogen-bond acceptors (Lipinski definition) is 1. The van der Waals surface area contributed by atoms with E-state index in [2.05, 4.69) is 51.9 Å². The van der Waals surface area contributed by atoms with Gasteiger partial charge in [-0.05, 0) is 17.5 Å². The molecule has 19 heavy (non-hydrogen) atoms. The first-order valence-electron chi connectivity index (χ1n) is 6.77. The third-order valence-electron chi connectivity index (χ3n) is 2.95. The monoisotopic (exact) mass is 327 g/mol. The lowest BCUT2D eigenvalue weighted by molar-refractivity contribution is -0.862. The van der Waals surface area contributed by atoms with Gasteiger partial charge in [-0.25, -0.2) is 0 Å². The zero-order valence-corrected chi connectivity index (χ0v) is 13.9. The van der Waals surface area contributed by atoms with Crippen LogP contribution in [0.2, 0.25) is 0 Å². The topological polar surface area (TPSA) is 13.7 Å². The predicted molar refractivity (Wildman–Crippen MR) is 77.7 cm³/mol. The third-order valence-corrected chi connectivity index (χ3v) is 2.95. The highest BCUT2D eigenvalue weighted by molar-refractivity contribution is 5.47. The summed E-state index contributed by atoms with van der Waals surface area (Å²) in [5.41, 5.74) is 2.39. The second-order valence-electron chi connectivity index (χ2n) is 5.08. The minimum absolute atomic E-state index is 0. The van der Waals surface area contributed by atoms with Gasteiger partial charge >= 0.3 is 0 Å². The molecular weight excluding hydrogens is 302 g/mol. The maximum absolute atomic E-state index is 6.01. The lowest BCUT2D eigenvalue weighted by Gasteiger charge is -2.19. The van der Waals surface area contributed by atoms with Crippen LogP contribution in [0.4, 0.5) is 0 Å². The van der Waals surface area contributed by atoms with Crippen LogP contribution in [0.25, 0.3) is 6.08 Å². The van der Waals surface area contributed by atoms with Crippen molar-refractivity contribution in [1.29, 1.82) is 0 Å². The molecule has 0 bridgehead atoms. The molecule has 1 rings (SSSR count). The molecule has 1 N–H and O–H groups in total. The predicted octanol–water partition coefficient (Wildman–Crippen LogP) is -0.837. The number of hydrogen-bond donors (Lipinski definition) is 1. The maximum Gasteiger partial charge on any atom is 0.107 e. The quantitative estimate of drug-likeness (QED) is 0.657. The van der Waals surface area contributed by atoms with E-state index in [-0.39, 0.29) is 17.0 Å². The number of nitrogens with one attached hydrogen (secondary N) is 1. The summed E-state index contributed by atoms with van der Waals surface area (Å²) < 4.78 is 6.01. The normalized spacial score (nSPS) is 12.0. The number of likely N-dealkylation sites (N-methyl/N-ethyl adjacent to an activating group) is 1. The molecule has 0 saturated carbocycles. The summed E-state index contributed by atoms with van der Waals surface area (Å²) in [4.78, 5) is 1.44. The van der Waals surface area contributed by atoms with Crippen molar-refractivity contribution in [2.45, 2.75) is 32.5 Å². The van der Waals surface area contributed by atoms with Crippen molar-refractivity contribution in [3.8, 4) is 0 Å². The summed E-state index contributed by atoms with van der Waals surface area (Å²) in [7, 11) is 4.34. The van der Waals surface area contributed by atoms with E-state index in [1.807, 2.05) is 6.08 Å². The van der Waals surface area contributed by atoms with Gasteiger partial charge in [-0.1, -0.05) is 50.3 Å². The van der Waals surface area contributed by atoms with Crippen LogP contribution in [-0.4, -0.2) is 26.7 Å². The molecule has 0 radical (unpaired) electrons. The minimum Gasteiger partial charge on any atom is -1.00 e. The third kappa shape index (κ3) is 7.51. The average Bonchev–Trinajstić information content (AvgIpc) is 2.36. The summed E-state index contributed by atoms with van der Waals surface area (Å²) in [6.07, 6.45) is 4.53. The number of halogens is 1. The summed E-state index contributed by atoms with van der Waals surface area (Å²) >= 11 is 0. The van der Waals surface area contributed by atoms with E-state index in [1.165, 1.54) is 16.9 Å². The Bertz CT molecular complexity index is 348. The Hall–Kier alpha value is -0.640. The highest BCUT2D eigenvalue weighted by Gasteiger charge is 2.11. The van der Waals surface area contributed by atoms with Crippen LogP contribution in [0, 0.1) is 0 Å². The molecule has 0 fully saturated rings. The lowest BCUT2D eigenvalue weighted by Crippen LogP contribution is -3.07. The molecule has 0 aliphatic rings. The largest absolute Gasteiger partial charge is 1.00 e. The highest BCUT2D eigenvalue weighted by atomic mass is 79.9. The van der Waals surface area contributed by atoms with Gasteiger partial charge in [0.2, 0.25) is 0 Å². The first-order chi connectivity index (χ1) is 8.65. The second-order valence-corrected chi connectivity index (χ2v) is 5.08. The Balaban J connectivity index is 0.00000324. The first kappa shape index (κ1) is 18.4. The molecule has 108 valence electrons. The molecule has 2 nitrogen and oxygen atoms in total. The van der Waals surface area contributed by atoms with Gasteiger partial charge in [0.25, 0.3) is 0 Å². The van der Waals surface area contributed by atoms with E-state index in [0.29, 0.717) is 12.7 Å². The lowest BCUT2D eigenvalue weighted by atomic mass is 10.1. The van der Waals surface area contributed by atoms with Gasteiger partial charge in [-0.3, -0.25) is 0 Å².